The number of anilines is 2. The molecule has 3 aliphatic rings. The summed E-state index contributed by atoms with van der Waals surface area (Å²) < 4.78 is 1.74. The minimum Gasteiger partial charge on any atom is -0.372 e. The maximum absolute atomic E-state index is 13.3. The summed E-state index contributed by atoms with van der Waals surface area (Å²) in [5, 5.41) is 4.51. The average molecular weight is 520 g/mol. The van der Waals surface area contributed by atoms with Gasteiger partial charge in [-0.1, -0.05) is 41.7 Å². The van der Waals surface area contributed by atoms with Gasteiger partial charge in [0, 0.05) is 40.5 Å². The first kappa shape index (κ1) is 23.9. The Kier molecular flexibility index (Phi) is 6.46. The van der Waals surface area contributed by atoms with E-state index in [-0.39, 0.29) is 23.2 Å². The maximum atomic E-state index is 13.3. The number of para-hydroxylation sites is 1. The molecule has 1 aromatic heterocycles. The number of carbonyl (C=O) groups excluding carboxylic acids is 1. The lowest BCUT2D eigenvalue weighted by Gasteiger charge is -2.40. The van der Waals surface area contributed by atoms with Gasteiger partial charge in [-0.3, -0.25) is 14.2 Å². The van der Waals surface area contributed by atoms with E-state index < -0.39 is 0 Å². The molecule has 0 radical (unpaired) electrons. The molecule has 5 nitrogen and oxygen atoms in total. The first-order valence-corrected chi connectivity index (χ1v) is 14.9. The highest BCUT2D eigenvalue weighted by molar-refractivity contribution is 8.00. The van der Waals surface area contributed by atoms with Crippen molar-refractivity contribution < 1.29 is 4.79 Å². The summed E-state index contributed by atoms with van der Waals surface area (Å²) in [6.45, 7) is 6.42. The maximum Gasteiger partial charge on any atom is 0.308 e. The van der Waals surface area contributed by atoms with Crippen molar-refractivity contribution in [3.8, 4) is 0 Å². The Morgan fingerprint density at radius 2 is 1.75 bits per heavy atom. The van der Waals surface area contributed by atoms with E-state index in [1.54, 1.807) is 4.57 Å². The third-order valence-electron chi connectivity index (χ3n) is 8.43. The fourth-order valence-corrected chi connectivity index (χ4v) is 9.96. The first-order valence-electron chi connectivity index (χ1n) is 13.2. The van der Waals surface area contributed by atoms with Gasteiger partial charge in [0.15, 0.2) is 0 Å². The molecule has 7 heteroatoms. The zero-order chi connectivity index (χ0) is 24.8. The molecule has 1 amide bonds. The van der Waals surface area contributed by atoms with E-state index in [0.29, 0.717) is 11.2 Å². The fourth-order valence-electron chi connectivity index (χ4n) is 6.81. The van der Waals surface area contributed by atoms with Crippen LogP contribution in [0.15, 0.2) is 64.4 Å². The topological polar surface area (TPSA) is 54.3 Å². The van der Waals surface area contributed by atoms with Crippen LogP contribution in [0.25, 0.3) is 0 Å². The molecule has 2 aromatic carbocycles. The molecule has 36 heavy (non-hydrogen) atoms. The van der Waals surface area contributed by atoms with E-state index in [9.17, 15) is 9.59 Å². The normalized spacial score (nSPS) is 25.9. The number of carbonyl (C=O) groups is 1. The van der Waals surface area contributed by atoms with Crippen molar-refractivity contribution in [1.82, 2.24) is 4.57 Å². The molecule has 3 aromatic rings. The molecule has 2 aliphatic carbocycles. The number of nitrogens with zero attached hydrogens (tertiary/aromatic N) is 2. The minimum absolute atomic E-state index is 0.0206. The van der Waals surface area contributed by atoms with Crippen LogP contribution in [-0.2, 0) is 11.3 Å². The SMILES string of the molecule is CCN(CC)c1ccc([C@@H]2c3sc(=O)n(CC(=O)Nc4ccccc4)c3S[C@@H]3[C@H]4CC[C@@H](C4)[C@@H]23)cc1. The van der Waals surface area contributed by atoms with Gasteiger partial charge in [0.25, 0.3) is 0 Å². The second-order valence-corrected chi connectivity index (χ2v) is 12.4. The van der Waals surface area contributed by atoms with Crippen molar-refractivity contribution in [3.05, 3.63) is 74.7 Å². The summed E-state index contributed by atoms with van der Waals surface area (Å²) >= 11 is 3.25. The summed E-state index contributed by atoms with van der Waals surface area (Å²) in [6.07, 6.45) is 3.92. The Morgan fingerprint density at radius 3 is 2.47 bits per heavy atom. The van der Waals surface area contributed by atoms with Crippen LogP contribution in [0, 0.1) is 17.8 Å². The number of benzene rings is 2. The smallest absolute Gasteiger partial charge is 0.308 e. The average Bonchev–Trinajstić information content (AvgIpc) is 3.59. The number of rotatable bonds is 7. The van der Waals surface area contributed by atoms with Gasteiger partial charge in [-0.2, -0.15) is 0 Å². The standard InChI is InChI=1S/C29H33N3O2S2/c1-3-31(4-2)22-14-12-18(13-15-22)24-25-19-10-11-20(16-19)26(25)35-28-27(24)36-29(34)32(28)17-23(33)30-21-8-6-5-7-9-21/h5-9,12-15,19-20,24-26H,3-4,10-11,16-17H2,1-2H3,(H,30,33)/t19-,20-,24-,25-,26+/m0/s1. The number of hydrogen-bond acceptors (Lipinski definition) is 5. The number of hydrogen-bond donors (Lipinski definition) is 1. The molecule has 1 aliphatic heterocycles. The summed E-state index contributed by atoms with van der Waals surface area (Å²) in [4.78, 5) is 29.7. The lowest BCUT2D eigenvalue weighted by Crippen LogP contribution is -2.35. The predicted molar refractivity (Wildman–Crippen MR) is 149 cm³/mol. The minimum atomic E-state index is -0.153. The van der Waals surface area contributed by atoms with Gasteiger partial charge in [0.05, 0.1) is 5.03 Å². The van der Waals surface area contributed by atoms with Crippen LogP contribution in [0.2, 0.25) is 0 Å². The van der Waals surface area contributed by atoms with E-state index in [1.165, 1.54) is 46.7 Å². The molecule has 2 saturated carbocycles. The van der Waals surface area contributed by atoms with E-state index >= 15 is 0 Å². The summed E-state index contributed by atoms with van der Waals surface area (Å²) in [5.41, 5.74) is 3.32. The predicted octanol–water partition coefficient (Wildman–Crippen LogP) is 6.05. The van der Waals surface area contributed by atoms with Crippen LogP contribution < -0.4 is 15.1 Å². The Bertz CT molecular complexity index is 1300. The number of thiazole rings is 1. The summed E-state index contributed by atoms with van der Waals surface area (Å²) in [5.74, 6) is 2.12. The highest BCUT2D eigenvalue weighted by Crippen LogP contribution is 2.64. The zero-order valence-electron chi connectivity index (χ0n) is 20.9. The second kappa shape index (κ2) is 9.75. The lowest BCUT2D eigenvalue weighted by molar-refractivity contribution is -0.116. The molecule has 0 unspecified atom stereocenters. The molecule has 2 fully saturated rings. The molecule has 1 N–H and O–H groups in total. The van der Waals surface area contributed by atoms with Crippen molar-refractivity contribution in [1.29, 1.82) is 0 Å². The van der Waals surface area contributed by atoms with E-state index in [4.69, 9.17) is 0 Å². The Morgan fingerprint density at radius 1 is 1.03 bits per heavy atom. The molecular weight excluding hydrogens is 486 g/mol. The van der Waals surface area contributed by atoms with E-state index in [2.05, 4.69) is 48.3 Å². The van der Waals surface area contributed by atoms with E-state index in [1.807, 2.05) is 42.1 Å². The number of nitrogens with one attached hydrogen (secondary N) is 1. The van der Waals surface area contributed by atoms with Crippen LogP contribution in [0.4, 0.5) is 11.4 Å². The molecule has 2 heterocycles. The first-order chi connectivity index (χ1) is 17.6. The van der Waals surface area contributed by atoms with Crippen molar-refractivity contribution in [3.63, 3.8) is 0 Å². The van der Waals surface area contributed by atoms with Crippen LogP contribution in [0.1, 0.15) is 49.5 Å². The number of thioether (sulfide) groups is 1. The van der Waals surface area contributed by atoms with Gasteiger partial charge in [-0.15, -0.1) is 11.8 Å². The Hall–Kier alpha value is -2.51. The van der Waals surface area contributed by atoms with Crippen molar-refractivity contribution in [2.24, 2.45) is 17.8 Å². The number of fused-ring (bicyclic) bond motifs is 6. The van der Waals surface area contributed by atoms with Gasteiger partial charge in [-0.05, 0) is 80.7 Å². The van der Waals surface area contributed by atoms with Crippen molar-refractivity contribution in [2.45, 2.75) is 55.8 Å². The molecule has 5 atom stereocenters. The van der Waals surface area contributed by atoms with Crippen molar-refractivity contribution in [2.75, 3.05) is 23.3 Å². The van der Waals surface area contributed by atoms with Crippen LogP contribution in [0.3, 0.4) is 0 Å². The molecule has 0 saturated heterocycles. The monoisotopic (exact) mass is 519 g/mol. The van der Waals surface area contributed by atoms with Crippen molar-refractivity contribution >= 4 is 40.4 Å². The number of aromatic nitrogens is 1. The molecule has 188 valence electrons. The third-order valence-corrected chi connectivity index (χ3v) is 11.3. The van der Waals surface area contributed by atoms with E-state index in [0.717, 1.165) is 35.6 Å². The molecular formula is C29H33N3O2S2. The quantitative estimate of drug-likeness (QED) is 0.413. The molecule has 0 spiro atoms. The largest absolute Gasteiger partial charge is 0.372 e. The summed E-state index contributed by atoms with van der Waals surface area (Å²) in [6, 6.07) is 18.5. The van der Waals surface area contributed by atoms with Crippen LogP contribution >= 0.6 is 23.1 Å². The molecule has 2 bridgehead atoms. The highest BCUT2D eigenvalue weighted by atomic mass is 32.2. The fraction of sp³-hybridized carbons (Fsp3) is 0.448. The summed E-state index contributed by atoms with van der Waals surface area (Å²) in [7, 11) is 0. The highest BCUT2D eigenvalue weighted by Gasteiger charge is 2.55. The Balaban J connectivity index is 1.35. The van der Waals surface area contributed by atoms with Gasteiger partial charge >= 0.3 is 4.87 Å². The second-order valence-electron chi connectivity index (χ2n) is 10.3. The zero-order valence-corrected chi connectivity index (χ0v) is 22.5. The molecule has 6 rings (SSSR count). The Labute approximate surface area is 220 Å². The third kappa shape index (κ3) is 4.10. The van der Waals surface area contributed by atoms with Gasteiger partial charge < -0.3 is 10.2 Å². The van der Waals surface area contributed by atoms with Gasteiger partial charge in [0.1, 0.15) is 6.54 Å². The lowest BCUT2D eigenvalue weighted by atomic mass is 9.75. The van der Waals surface area contributed by atoms with Gasteiger partial charge in [-0.25, -0.2) is 0 Å². The van der Waals surface area contributed by atoms with Crippen LogP contribution in [0.5, 0.6) is 0 Å². The van der Waals surface area contributed by atoms with Gasteiger partial charge in [0.2, 0.25) is 5.91 Å². The van der Waals surface area contributed by atoms with Crippen LogP contribution in [-0.4, -0.2) is 28.8 Å². The number of amides is 1.